The second-order valence-corrected chi connectivity index (χ2v) is 8.61. The number of benzene rings is 1. The Morgan fingerprint density at radius 3 is 2.71 bits per heavy atom. The molecule has 0 fully saturated rings. The van der Waals surface area contributed by atoms with Gasteiger partial charge in [0.2, 0.25) is 5.95 Å². The minimum absolute atomic E-state index is 0.161. The molecule has 1 aromatic carbocycles. The maximum Gasteiger partial charge on any atom is 0.269 e. The summed E-state index contributed by atoms with van der Waals surface area (Å²) in [5.74, 6) is -0.320. The smallest absolute Gasteiger partial charge is 0.269 e. The van der Waals surface area contributed by atoms with E-state index in [4.69, 9.17) is 5.73 Å². The summed E-state index contributed by atoms with van der Waals surface area (Å²) in [6.07, 6.45) is 4.14. The van der Waals surface area contributed by atoms with Gasteiger partial charge < -0.3 is 11.1 Å². The van der Waals surface area contributed by atoms with E-state index in [2.05, 4.69) is 20.4 Å². The largest absolute Gasteiger partial charge is 0.364 e. The summed E-state index contributed by atoms with van der Waals surface area (Å²) in [5.41, 5.74) is 9.15. The Morgan fingerprint density at radius 1 is 1.25 bits per heavy atom. The van der Waals surface area contributed by atoms with Crippen LogP contribution in [0.5, 0.6) is 0 Å². The van der Waals surface area contributed by atoms with Crippen molar-refractivity contribution >= 4 is 27.4 Å². The minimum Gasteiger partial charge on any atom is -0.364 e. The molecule has 1 aliphatic rings. The molecule has 3 aromatic rings. The molecule has 1 amide bonds. The van der Waals surface area contributed by atoms with E-state index in [-0.39, 0.29) is 16.5 Å². The van der Waals surface area contributed by atoms with E-state index in [0.29, 0.717) is 24.2 Å². The summed E-state index contributed by atoms with van der Waals surface area (Å²) in [6, 6.07) is 6.56. The quantitative estimate of drug-likeness (QED) is 0.675. The lowest BCUT2D eigenvalue weighted by Gasteiger charge is -2.17. The second kappa shape index (κ2) is 6.41. The lowest BCUT2D eigenvalue weighted by atomic mass is 9.93. The van der Waals surface area contributed by atoms with Crippen molar-refractivity contribution in [2.24, 2.45) is 12.8 Å². The number of aryl methyl sites for hydroxylation is 2. The van der Waals surface area contributed by atoms with E-state index >= 15 is 0 Å². The lowest BCUT2D eigenvalue weighted by molar-refractivity contribution is 0.0994. The standard InChI is InChI=1S/C18H18N6O3S/c1-24-16-11(15(23-24)17(19)25)8-7-10-9-20-18(22-14(10)16)21-12-5-3-4-6-13(12)28(2,26)27/h3-6,9H,7-8H2,1-2H3,(H2,19,25)(H,20,21,22). The fourth-order valence-corrected chi connectivity index (χ4v) is 4.27. The second-order valence-electron chi connectivity index (χ2n) is 6.62. The van der Waals surface area contributed by atoms with Gasteiger partial charge >= 0.3 is 0 Å². The molecule has 9 nitrogen and oxygen atoms in total. The van der Waals surface area contributed by atoms with Gasteiger partial charge in [-0.25, -0.2) is 18.4 Å². The Labute approximate surface area is 161 Å². The van der Waals surface area contributed by atoms with Gasteiger partial charge in [-0.05, 0) is 30.5 Å². The molecule has 28 heavy (non-hydrogen) atoms. The predicted molar refractivity (Wildman–Crippen MR) is 103 cm³/mol. The van der Waals surface area contributed by atoms with Crippen LogP contribution in [0.3, 0.4) is 0 Å². The minimum atomic E-state index is -3.42. The first-order valence-electron chi connectivity index (χ1n) is 8.54. The molecule has 10 heteroatoms. The van der Waals surface area contributed by atoms with Crippen LogP contribution in [0.4, 0.5) is 11.6 Å². The van der Waals surface area contributed by atoms with Crippen LogP contribution in [0.25, 0.3) is 11.4 Å². The SMILES string of the molecule is Cn1nc(C(N)=O)c2c1-c1nc(Nc3ccccc3S(C)(=O)=O)ncc1CC2. The number of nitrogens with zero attached hydrogens (tertiary/aromatic N) is 4. The number of hydrogen-bond acceptors (Lipinski definition) is 7. The summed E-state index contributed by atoms with van der Waals surface area (Å²) < 4.78 is 25.6. The van der Waals surface area contributed by atoms with Crippen LogP contribution in [-0.2, 0) is 29.7 Å². The van der Waals surface area contributed by atoms with E-state index < -0.39 is 15.7 Å². The highest BCUT2D eigenvalue weighted by Crippen LogP contribution is 2.34. The Kier molecular flexibility index (Phi) is 4.15. The normalized spacial score (nSPS) is 12.9. The number of amides is 1. The molecule has 0 unspecified atom stereocenters. The molecular formula is C18H18N6O3S. The van der Waals surface area contributed by atoms with Gasteiger partial charge in [-0.2, -0.15) is 5.10 Å². The highest BCUT2D eigenvalue weighted by atomic mass is 32.2. The average Bonchev–Trinajstić information content (AvgIpc) is 2.99. The number of carbonyl (C=O) groups excluding carboxylic acids is 1. The van der Waals surface area contributed by atoms with Crippen LogP contribution >= 0.6 is 0 Å². The maximum absolute atomic E-state index is 12.0. The molecule has 2 aromatic heterocycles. The first kappa shape index (κ1) is 18.1. The van der Waals surface area contributed by atoms with Crippen molar-refractivity contribution in [1.82, 2.24) is 19.7 Å². The zero-order valence-corrected chi connectivity index (χ0v) is 16.1. The highest BCUT2D eigenvalue weighted by molar-refractivity contribution is 7.90. The number of carbonyl (C=O) groups is 1. The number of aromatic nitrogens is 4. The zero-order chi connectivity index (χ0) is 20.1. The lowest BCUT2D eigenvalue weighted by Crippen LogP contribution is -2.16. The van der Waals surface area contributed by atoms with Gasteiger partial charge in [-0.15, -0.1) is 0 Å². The fraction of sp³-hybridized carbons (Fsp3) is 0.222. The molecule has 0 saturated carbocycles. The summed E-state index contributed by atoms with van der Waals surface area (Å²) in [4.78, 5) is 20.7. The number of anilines is 2. The third-order valence-corrected chi connectivity index (χ3v) is 5.80. The Bertz CT molecular complexity index is 1220. The zero-order valence-electron chi connectivity index (χ0n) is 15.3. The van der Waals surface area contributed by atoms with Crippen molar-refractivity contribution in [2.75, 3.05) is 11.6 Å². The molecule has 1 aliphatic carbocycles. The molecule has 0 aliphatic heterocycles. The van der Waals surface area contributed by atoms with Gasteiger partial charge in [0.1, 0.15) is 0 Å². The van der Waals surface area contributed by atoms with Crippen molar-refractivity contribution in [1.29, 1.82) is 0 Å². The number of sulfone groups is 1. The van der Waals surface area contributed by atoms with Gasteiger partial charge in [0.05, 0.1) is 22.0 Å². The number of rotatable bonds is 4. The van der Waals surface area contributed by atoms with Crippen molar-refractivity contribution in [3.8, 4) is 11.4 Å². The first-order chi connectivity index (χ1) is 13.3. The molecule has 0 saturated heterocycles. The van der Waals surface area contributed by atoms with E-state index in [1.165, 1.54) is 6.07 Å². The van der Waals surface area contributed by atoms with E-state index in [1.54, 1.807) is 36.1 Å². The maximum atomic E-state index is 12.0. The van der Waals surface area contributed by atoms with Crippen LogP contribution in [-0.4, -0.2) is 40.3 Å². The van der Waals surface area contributed by atoms with Crippen molar-refractivity contribution < 1.29 is 13.2 Å². The van der Waals surface area contributed by atoms with Gasteiger partial charge in [0, 0.05) is 25.1 Å². The van der Waals surface area contributed by atoms with Crippen molar-refractivity contribution in [3.05, 3.63) is 47.3 Å². The monoisotopic (exact) mass is 398 g/mol. The number of nitrogens with one attached hydrogen (secondary N) is 1. The molecule has 144 valence electrons. The number of nitrogens with two attached hydrogens (primary N) is 1. The van der Waals surface area contributed by atoms with E-state index in [0.717, 1.165) is 23.1 Å². The van der Waals surface area contributed by atoms with Gasteiger partial charge in [0.15, 0.2) is 15.5 Å². The molecule has 0 spiro atoms. The first-order valence-corrected chi connectivity index (χ1v) is 10.4. The number of fused-ring (bicyclic) bond motifs is 3. The summed E-state index contributed by atoms with van der Waals surface area (Å²) in [7, 11) is -1.69. The number of para-hydroxylation sites is 1. The molecule has 0 radical (unpaired) electrons. The Morgan fingerprint density at radius 2 is 2.00 bits per heavy atom. The van der Waals surface area contributed by atoms with Crippen LogP contribution in [0, 0.1) is 0 Å². The molecule has 0 bridgehead atoms. The fourth-order valence-electron chi connectivity index (χ4n) is 3.43. The predicted octanol–water partition coefficient (Wildman–Crippen LogP) is 1.22. The van der Waals surface area contributed by atoms with Crippen LogP contribution in [0.15, 0.2) is 35.4 Å². The van der Waals surface area contributed by atoms with Gasteiger partial charge in [-0.1, -0.05) is 12.1 Å². The van der Waals surface area contributed by atoms with Gasteiger partial charge in [0.25, 0.3) is 5.91 Å². The van der Waals surface area contributed by atoms with Gasteiger partial charge in [-0.3, -0.25) is 9.48 Å². The molecule has 3 N–H and O–H groups in total. The van der Waals surface area contributed by atoms with E-state index in [1.807, 2.05) is 0 Å². The topological polar surface area (TPSA) is 133 Å². The Hall–Kier alpha value is -3.27. The van der Waals surface area contributed by atoms with Crippen LogP contribution in [0.1, 0.15) is 21.6 Å². The van der Waals surface area contributed by atoms with Crippen molar-refractivity contribution in [2.45, 2.75) is 17.7 Å². The third kappa shape index (κ3) is 3.01. The number of primary amides is 1. The summed E-state index contributed by atoms with van der Waals surface area (Å²) in [5, 5.41) is 7.22. The summed E-state index contributed by atoms with van der Waals surface area (Å²) in [6.45, 7) is 0. The molecular weight excluding hydrogens is 380 g/mol. The van der Waals surface area contributed by atoms with Crippen LogP contribution in [0.2, 0.25) is 0 Å². The Balaban J connectivity index is 1.79. The highest BCUT2D eigenvalue weighted by Gasteiger charge is 2.28. The number of hydrogen-bond donors (Lipinski definition) is 2. The van der Waals surface area contributed by atoms with E-state index in [9.17, 15) is 13.2 Å². The van der Waals surface area contributed by atoms with Crippen LogP contribution < -0.4 is 11.1 Å². The van der Waals surface area contributed by atoms with Crippen molar-refractivity contribution in [3.63, 3.8) is 0 Å². The summed E-state index contributed by atoms with van der Waals surface area (Å²) >= 11 is 0. The average molecular weight is 398 g/mol. The molecule has 4 rings (SSSR count). The third-order valence-electron chi connectivity index (χ3n) is 4.64. The molecule has 2 heterocycles. The molecule has 0 atom stereocenters.